The number of aromatic nitrogens is 1. The molecule has 0 radical (unpaired) electrons. The maximum absolute atomic E-state index is 11.9. The number of benzene rings is 1. The highest BCUT2D eigenvalue weighted by molar-refractivity contribution is 7.14. The van der Waals surface area contributed by atoms with E-state index in [1.165, 1.54) is 23.3 Å². The second kappa shape index (κ2) is 6.39. The third kappa shape index (κ3) is 3.32. The topological polar surface area (TPSA) is 42.0 Å². The Hall–Kier alpha value is -1.68. The fraction of sp³-hybridized carbons (Fsp3) is 0.412. The summed E-state index contributed by atoms with van der Waals surface area (Å²) in [5.74, 6) is 0.325. The molecule has 0 spiro atoms. The zero-order valence-corrected chi connectivity index (χ0v) is 13.1. The first kappa shape index (κ1) is 14.3. The molecular weight excluding hydrogens is 280 g/mol. The van der Waals surface area contributed by atoms with Gasteiger partial charge in [-0.05, 0) is 24.8 Å². The van der Waals surface area contributed by atoms with E-state index in [0.717, 1.165) is 36.9 Å². The minimum Gasteiger partial charge on any atom is -0.302 e. The summed E-state index contributed by atoms with van der Waals surface area (Å²) in [5, 5.41) is 5.65. The number of hydrogen-bond acceptors (Lipinski definition) is 3. The van der Waals surface area contributed by atoms with Crippen molar-refractivity contribution in [2.45, 2.75) is 39.0 Å². The van der Waals surface area contributed by atoms with Crippen molar-refractivity contribution in [3.8, 4) is 11.3 Å². The summed E-state index contributed by atoms with van der Waals surface area (Å²) >= 11 is 1.50. The van der Waals surface area contributed by atoms with Crippen LogP contribution in [0.4, 0.5) is 5.13 Å². The largest absolute Gasteiger partial charge is 0.302 e. The molecule has 0 atom stereocenters. The lowest BCUT2D eigenvalue weighted by molar-refractivity contribution is -0.122. The van der Waals surface area contributed by atoms with Crippen LogP contribution in [0.2, 0.25) is 0 Å². The molecule has 1 aromatic carbocycles. The molecule has 0 aliphatic heterocycles. The summed E-state index contributed by atoms with van der Waals surface area (Å²) in [6.07, 6.45) is 5.48. The molecule has 21 heavy (non-hydrogen) atoms. The number of aryl methyl sites for hydroxylation is 1. The molecular formula is C17H20N2OS. The molecule has 1 N–H and O–H groups in total. The zero-order valence-electron chi connectivity index (χ0n) is 12.3. The fourth-order valence-electron chi connectivity index (χ4n) is 2.47. The van der Waals surface area contributed by atoms with Crippen molar-refractivity contribution in [2.75, 3.05) is 5.32 Å². The van der Waals surface area contributed by atoms with Gasteiger partial charge in [0.25, 0.3) is 0 Å². The first-order valence-electron chi connectivity index (χ1n) is 7.62. The molecule has 0 bridgehead atoms. The van der Waals surface area contributed by atoms with Crippen LogP contribution in [0, 0.1) is 5.92 Å². The van der Waals surface area contributed by atoms with Crippen molar-refractivity contribution in [1.29, 1.82) is 0 Å². The summed E-state index contributed by atoms with van der Waals surface area (Å²) in [4.78, 5) is 16.4. The minimum absolute atomic E-state index is 0.125. The Morgan fingerprint density at radius 3 is 2.71 bits per heavy atom. The predicted octanol–water partition coefficient (Wildman–Crippen LogP) is 4.50. The van der Waals surface area contributed by atoms with Gasteiger partial charge >= 0.3 is 0 Å². The zero-order chi connectivity index (χ0) is 14.7. The first-order valence-corrected chi connectivity index (χ1v) is 8.50. The van der Waals surface area contributed by atoms with Crippen LogP contribution in [0.1, 0.15) is 38.2 Å². The number of rotatable bonds is 5. The molecule has 0 unspecified atom stereocenters. The lowest BCUT2D eigenvalue weighted by Crippen LogP contribution is -2.27. The van der Waals surface area contributed by atoms with E-state index in [4.69, 9.17) is 0 Å². The smallest absolute Gasteiger partial charge is 0.229 e. The van der Waals surface area contributed by atoms with Gasteiger partial charge < -0.3 is 5.32 Å². The van der Waals surface area contributed by atoms with E-state index in [0.29, 0.717) is 5.13 Å². The highest BCUT2D eigenvalue weighted by Crippen LogP contribution is 2.29. The average Bonchev–Trinajstić information content (AvgIpc) is 2.86. The Balaban J connectivity index is 1.67. The van der Waals surface area contributed by atoms with Gasteiger partial charge in [0, 0.05) is 16.9 Å². The second-order valence-electron chi connectivity index (χ2n) is 5.60. The van der Waals surface area contributed by atoms with Gasteiger partial charge in [-0.3, -0.25) is 4.79 Å². The fourth-order valence-corrected chi connectivity index (χ4v) is 3.20. The molecule has 1 heterocycles. The number of anilines is 1. The minimum atomic E-state index is 0.125. The number of hydrogen-bond donors (Lipinski definition) is 1. The van der Waals surface area contributed by atoms with Crippen LogP contribution in [-0.4, -0.2) is 10.9 Å². The Morgan fingerprint density at radius 1 is 1.33 bits per heavy atom. The Kier molecular flexibility index (Phi) is 4.34. The molecule has 1 fully saturated rings. The molecule has 0 saturated heterocycles. The third-order valence-electron chi connectivity index (χ3n) is 4.00. The van der Waals surface area contributed by atoms with Crippen molar-refractivity contribution in [1.82, 2.24) is 4.98 Å². The predicted molar refractivity (Wildman–Crippen MR) is 87.5 cm³/mol. The van der Waals surface area contributed by atoms with Crippen LogP contribution in [0.5, 0.6) is 0 Å². The van der Waals surface area contributed by atoms with Gasteiger partial charge in [-0.2, -0.15) is 0 Å². The Labute approximate surface area is 129 Å². The molecule has 1 aliphatic carbocycles. The summed E-state index contributed by atoms with van der Waals surface area (Å²) in [7, 11) is 0. The second-order valence-corrected chi connectivity index (χ2v) is 6.46. The van der Waals surface area contributed by atoms with Gasteiger partial charge in [0.05, 0.1) is 5.69 Å². The number of carbonyl (C=O) groups is 1. The van der Waals surface area contributed by atoms with Gasteiger partial charge in [0.1, 0.15) is 0 Å². The first-order chi connectivity index (χ1) is 10.3. The van der Waals surface area contributed by atoms with Crippen molar-refractivity contribution in [2.24, 2.45) is 5.92 Å². The van der Waals surface area contributed by atoms with E-state index >= 15 is 0 Å². The van der Waals surface area contributed by atoms with E-state index in [1.54, 1.807) is 0 Å². The van der Waals surface area contributed by atoms with Crippen molar-refractivity contribution < 1.29 is 4.79 Å². The lowest BCUT2D eigenvalue weighted by atomic mass is 9.85. The highest BCUT2D eigenvalue weighted by Gasteiger charge is 2.25. The van der Waals surface area contributed by atoms with Crippen LogP contribution >= 0.6 is 11.3 Å². The molecule has 1 saturated carbocycles. The van der Waals surface area contributed by atoms with Crippen LogP contribution in [0.3, 0.4) is 0 Å². The number of thiazole rings is 1. The van der Waals surface area contributed by atoms with Crippen LogP contribution in [0.25, 0.3) is 11.3 Å². The van der Waals surface area contributed by atoms with E-state index in [2.05, 4.69) is 41.5 Å². The normalized spacial score (nSPS) is 14.7. The third-order valence-corrected chi connectivity index (χ3v) is 4.76. The Morgan fingerprint density at radius 2 is 2.10 bits per heavy atom. The maximum Gasteiger partial charge on any atom is 0.229 e. The van der Waals surface area contributed by atoms with Crippen LogP contribution in [0.15, 0.2) is 29.6 Å². The lowest BCUT2D eigenvalue weighted by Gasteiger charge is -2.23. The van der Waals surface area contributed by atoms with Crippen molar-refractivity contribution >= 4 is 22.4 Å². The average molecular weight is 300 g/mol. The molecule has 4 heteroatoms. The summed E-state index contributed by atoms with van der Waals surface area (Å²) < 4.78 is 0. The number of nitrogens with one attached hydrogen (secondary N) is 1. The van der Waals surface area contributed by atoms with E-state index in [9.17, 15) is 4.79 Å². The number of nitrogens with zero attached hydrogens (tertiary/aromatic N) is 1. The van der Waals surface area contributed by atoms with Gasteiger partial charge in [0.15, 0.2) is 5.13 Å². The molecule has 1 aromatic heterocycles. The van der Waals surface area contributed by atoms with Gasteiger partial charge in [-0.25, -0.2) is 4.98 Å². The molecule has 1 amide bonds. The molecule has 3 rings (SSSR count). The molecule has 110 valence electrons. The van der Waals surface area contributed by atoms with Gasteiger partial charge in [-0.1, -0.05) is 44.0 Å². The standard InChI is InChI=1S/C17H20N2OS/c1-2-4-12-7-9-13(10-8-12)15-11-21-17(18-15)19-16(20)14-5-3-6-14/h7-11,14H,2-6H2,1H3,(H,18,19,20). The van der Waals surface area contributed by atoms with Crippen LogP contribution in [-0.2, 0) is 11.2 Å². The molecule has 2 aromatic rings. The van der Waals surface area contributed by atoms with Crippen molar-refractivity contribution in [3.63, 3.8) is 0 Å². The van der Waals surface area contributed by atoms with E-state index in [-0.39, 0.29) is 11.8 Å². The van der Waals surface area contributed by atoms with E-state index in [1.807, 2.05) is 5.38 Å². The van der Waals surface area contributed by atoms with E-state index < -0.39 is 0 Å². The summed E-state index contributed by atoms with van der Waals surface area (Å²) in [6, 6.07) is 8.53. The maximum atomic E-state index is 11.9. The Bertz CT molecular complexity index is 614. The SMILES string of the molecule is CCCc1ccc(-c2csc(NC(=O)C3CCC3)n2)cc1. The highest BCUT2D eigenvalue weighted by atomic mass is 32.1. The van der Waals surface area contributed by atoms with Crippen LogP contribution < -0.4 is 5.32 Å². The summed E-state index contributed by atoms with van der Waals surface area (Å²) in [6.45, 7) is 2.19. The number of amides is 1. The molecule has 3 nitrogen and oxygen atoms in total. The van der Waals surface area contributed by atoms with Gasteiger partial charge in [-0.15, -0.1) is 11.3 Å². The molecule has 1 aliphatic rings. The van der Waals surface area contributed by atoms with Gasteiger partial charge in [0.2, 0.25) is 5.91 Å². The summed E-state index contributed by atoms with van der Waals surface area (Å²) in [5.41, 5.74) is 3.40. The monoisotopic (exact) mass is 300 g/mol. The van der Waals surface area contributed by atoms with Crippen molar-refractivity contribution in [3.05, 3.63) is 35.2 Å². The quantitative estimate of drug-likeness (QED) is 0.883. The number of carbonyl (C=O) groups excluding carboxylic acids is 1.